The van der Waals surface area contributed by atoms with Crippen LogP contribution in [0.2, 0.25) is 0 Å². The molecule has 0 atom stereocenters. The van der Waals surface area contributed by atoms with Crippen molar-refractivity contribution in [1.82, 2.24) is 4.57 Å². The molecule has 4 rings (SSSR count). The zero-order chi connectivity index (χ0) is 14.8. The lowest BCUT2D eigenvalue weighted by atomic mass is 9.93. The van der Waals surface area contributed by atoms with Crippen LogP contribution < -0.4 is 5.32 Å². The van der Waals surface area contributed by atoms with Crippen molar-refractivity contribution in [2.75, 3.05) is 5.32 Å². The van der Waals surface area contributed by atoms with Gasteiger partial charge < -0.3 is 9.88 Å². The molecule has 1 amide bonds. The molecule has 2 aliphatic rings. The third-order valence-electron chi connectivity index (χ3n) is 4.52. The predicted octanol–water partition coefficient (Wildman–Crippen LogP) is 2.69. The van der Waals surface area contributed by atoms with Crippen LogP contribution in [0.3, 0.4) is 0 Å². The zero-order valence-electron chi connectivity index (χ0n) is 11.4. The molecular formula is C16H12FN3O. The smallest absolute Gasteiger partial charge is 0.235 e. The van der Waals surface area contributed by atoms with Gasteiger partial charge in [0.2, 0.25) is 5.91 Å². The van der Waals surface area contributed by atoms with Crippen molar-refractivity contribution in [2.45, 2.75) is 18.3 Å². The van der Waals surface area contributed by atoms with Crippen LogP contribution in [0.1, 0.15) is 24.1 Å². The lowest BCUT2D eigenvalue weighted by molar-refractivity contribution is -0.117. The van der Waals surface area contributed by atoms with E-state index in [-0.39, 0.29) is 11.7 Å². The number of carbonyl (C=O) groups excluding carboxylic acids is 1. The first-order valence-corrected chi connectivity index (χ1v) is 6.79. The summed E-state index contributed by atoms with van der Waals surface area (Å²) in [5, 5.41) is 12.0. The van der Waals surface area contributed by atoms with E-state index in [0.717, 1.165) is 0 Å². The molecule has 1 fully saturated rings. The number of aromatic nitrogens is 1. The Kier molecular flexibility index (Phi) is 2.16. The summed E-state index contributed by atoms with van der Waals surface area (Å²) in [7, 11) is 1.75. The molecule has 1 aliphatic heterocycles. The van der Waals surface area contributed by atoms with Crippen molar-refractivity contribution >= 4 is 11.6 Å². The van der Waals surface area contributed by atoms with Gasteiger partial charge in [-0.05, 0) is 31.0 Å². The Morgan fingerprint density at radius 1 is 1.33 bits per heavy atom. The fourth-order valence-electron chi connectivity index (χ4n) is 3.20. The van der Waals surface area contributed by atoms with E-state index < -0.39 is 5.41 Å². The monoisotopic (exact) mass is 281 g/mol. The second kappa shape index (κ2) is 3.73. The SMILES string of the molecule is Cn1ccc(-c2ccc3c(c2F)C2(CC2)C(=O)N3)c1C#N. The van der Waals surface area contributed by atoms with Gasteiger partial charge in [-0.25, -0.2) is 4.39 Å². The van der Waals surface area contributed by atoms with Gasteiger partial charge in [0.25, 0.3) is 0 Å². The maximum absolute atomic E-state index is 15.0. The van der Waals surface area contributed by atoms with E-state index in [2.05, 4.69) is 11.4 Å². The maximum Gasteiger partial charge on any atom is 0.235 e. The molecule has 1 aliphatic carbocycles. The number of rotatable bonds is 1. The van der Waals surface area contributed by atoms with Gasteiger partial charge in [0, 0.05) is 35.6 Å². The molecule has 1 N–H and O–H groups in total. The van der Waals surface area contributed by atoms with E-state index >= 15 is 0 Å². The van der Waals surface area contributed by atoms with Crippen LogP contribution >= 0.6 is 0 Å². The van der Waals surface area contributed by atoms with Crippen LogP contribution in [0.5, 0.6) is 0 Å². The van der Waals surface area contributed by atoms with Gasteiger partial charge in [0.05, 0.1) is 5.41 Å². The lowest BCUT2D eigenvalue weighted by Gasteiger charge is -2.10. The van der Waals surface area contributed by atoms with E-state index in [0.29, 0.717) is 40.9 Å². The first kappa shape index (κ1) is 12.2. The minimum Gasteiger partial charge on any atom is -0.342 e. The molecule has 2 heterocycles. The Hall–Kier alpha value is -2.61. The standard InChI is InChI=1S/C16H12FN3O/c1-20-7-4-9(12(20)8-18)10-2-3-11-13(14(10)17)16(5-6-16)15(21)19-11/h2-4,7H,5-6H2,1H3,(H,19,21). The second-order valence-corrected chi connectivity index (χ2v) is 5.69. The van der Waals surface area contributed by atoms with E-state index in [4.69, 9.17) is 0 Å². The summed E-state index contributed by atoms with van der Waals surface area (Å²) in [4.78, 5) is 12.0. The van der Waals surface area contributed by atoms with Gasteiger partial charge in [-0.3, -0.25) is 4.79 Å². The summed E-state index contributed by atoms with van der Waals surface area (Å²) in [6, 6.07) is 7.19. The molecule has 2 aromatic rings. The van der Waals surface area contributed by atoms with Gasteiger partial charge in [-0.15, -0.1) is 0 Å². The summed E-state index contributed by atoms with van der Waals surface area (Å²) >= 11 is 0. The number of hydrogen-bond acceptors (Lipinski definition) is 2. The normalized spacial score (nSPS) is 17.5. The number of hydrogen-bond donors (Lipinski definition) is 1. The van der Waals surface area contributed by atoms with Crippen LogP contribution in [0.25, 0.3) is 11.1 Å². The van der Waals surface area contributed by atoms with Gasteiger partial charge in [0.1, 0.15) is 17.6 Å². The highest BCUT2D eigenvalue weighted by Crippen LogP contribution is 2.57. The number of anilines is 1. The Morgan fingerprint density at radius 3 is 2.76 bits per heavy atom. The molecule has 104 valence electrons. The number of carbonyl (C=O) groups is 1. The lowest BCUT2D eigenvalue weighted by Crippen LogP contribution is -2.19. The van der Waals surface area contributed by atoms with Crippen LogP contribution in [0.4, 0.5) is 10.1 Å². The minimum absolute atomic E-state index is 0.109. The molecule has 1 aromatic heterocycles. The number of nitriles is 1. The highest BCUT2D eigenvalue weighted by molar-refractivity contribution is 6.09. The van der Waals surface area contributed by atoms with Gasteiger partial charge >= 0.3 is 0 Å². The maximum atomic E-state index is 15.0. The van der Waals surface area contributed by atoms with Crippen molar-refractivity contribution in [3.8, 4) is 17.2 Å². The molecule has 1 saturated carbocycles. The molecule has 0 unspecified atom stereocenters. The molecule has 4 nitrogen and oxygen atoms in total. The quantitative estimate of drug-likeness (QED) is 0.873. The summed E-state index contributed by atoms with van der Waals surface area (Å²) in [5.74, 6) is -0.492. The molecule has 21 heavy (non-hydrogen) atoms. The topological polar surface area (TPSA) is 57.8 Å². The number of amides is 1. The average molecular weight is 281 g/mol. The summed E-state index contributed by atoms with van der Waals surface area (Å²) < 4.78 is 16.6. The number of aryl methyl sites for hydroxylation is 1. The molecule has 0 bridgehead atoms. The van der Waals surface area contributed by atoms with Crippen molar-refractivity contribution in [3.05, 3.63) is 41.5 Å². The highest BCUT2D eigenvalue weighted by Gasteiger charge is 2.58. The Morgan fingerprint density at radius 2 is 2.10 bits per heavy atom. The predicted molar refractivity (Wildman–Crippen MR) is 75.1 cm³/mol. The van der Waals surface area contributed by atoms with E-state index in [9.17, 15) is 14.4 Å². The van der Waals surface area contributed by atoms with Gasteiger partial charge in [-0.2, -0.15) is 5.26 Å². The third-order valence-corrected chi connectivity index (χ3v) is 4.52. The Bertz CT molecular complexity index is 840. The number of halogens is 1. The zero-order valence-corrected chi connectivity index (χ0v) is 11.4. The molecule has 5 heteroatoms. The first-order valence-electron chi connectivity index (χ1n) is 6.79. The van der Waals surface area contributed by atoms with E-state index in [1.165, 1.54) is 0 Å². The second-order valence-electron chi connectivity index (χ2n) is 5.69. The van der Waals surface area contributed by atoms with Crippen molar-refractivity contribution < 1.29 is 9.18 Å². The molecule has 1 aromatic carbocycles. The van der Waals surface area contributed by atoms with Crippen molar-refractivity contribution in [1.29, 1.82) is 5.26 Å². The molecule has 0 radical (unpaired) electrons. The van der Waals surface area contributed by atoms with Crippen LogP contribution in [-0.4, -0.2) is 10.5 Å². The minimum atomic E-state index is -0.670. The van der Waals surface area contributed by atoms with Crippen LogP contribution in [-0.2, 0) is 17.3 Å². The highest BCUT2D eigenvalue weighted by atomic mass is 19.1. The molecule has 0 saturated heterocycles. The fraction of sp³-hybridized carbons (Fsp3) is 0.250. The average Bonchev–Trinajstić information content (AvgIpc) is 3.09. The Labute approximate surface area is 120 Å². The van der Waals surface area contributed by atoms with Crippen LogP contribution in [0, 0.1) is 17.1 Å². The van der Waals surface area contributed by atoms with Gasteiger partial charge in [-0.1, -0.05) is 0 Å². The van der Waals surface area contributed by atoms with Crippen molar-refractivity contribution in [3.63, 3.8) is 0 Å². The summed E-state index contributed by atoms with van der Waals surface area (Å²) in [6.45, 7) is 0. The number of nitrogens with one attached hydrogen (secondary N) is 1. The van der Waals surface area contributed by atoms with E-state index in [1.807, 2.05) is 0 Å². The first-order chi connectivity index (χ1) is 10.1. The Balaban J connectivity index is 1.96. The fourth-order valence-corrected chi connectivity index (χ4v) is 3.20. The number of fused-ring (bicyclic) bond motifs is 2. The molecule has 1 spiro atoms. The van der Waals surface area contributed by atoms with Crippen LogP contribution in [0.15, 0.2) is 24.4 Å². The van der Waals surface area contributed by atoms with Crippen molar-refractivity contribution in [2.24, 2.45) is 7.05 Å². The third kappa shape index (κ3) is 1.39. The van der Waals surface area contributed by atoms with E-state index in [1.54, 1.807) is 36.0 Å². The number of benzene rings is 1. The summed E-state index contributed by atoms with van der Waals surface area (Å²) in [6.07, 6.45) is 3.11. The largest absolute Gasteiger partial charge is 0.342 e. The number of nitrogens with zero attached hydrogens (tertiary/aromatic N) is 2. The van der Waals surface area contributed by atoms with Gasteiger partial charge in [0.15, 0.2) is 0 Å². The molecular weight excluding hydrogens is 269 g/mol. The summed E-state index contributed by atoms with van der Waals surface area (Å²) in [5.41, 5.74) is 1.72.